The molecule has 32 valence electrons. The number of hydrogen-bond donors (Lipinski definition) is 0. The molecular formula is Na2O4SV+5. The van der Waals surface area contributed by atoms with E-state index >= 15 is 0 Å². The molecule has 0 spiro atoms. The molecule has 0 amide bonds. The first kappa shape index (κ1) is 22.4. The number of hydrogen-bond acceptors (Lipinski definition) is 4. The second kappa shape index (κ2) is 9.45. The van der Waals surface area contributed by atoms with E-state index in [9.17, 15) is 0 Å². The van der Waals surface area contributed by atoms with Gasteiger partial charge in [0.05, 0.1) is 0 Å². The third kappa shape index (κ3) is 78.0. The van der Waals surface area contributed by atoms with Crippen LogP contribution in [0.5, 0.6) is 0 Å². The Morgan fingerprint density at radius 2 is 1.00 bits per heavy atom. The van der Waals surface area contributed by atoms with Crippen LogP contribution >= 0.6 is 0 Å². The molecule has 8 heteroatoms. The molecule has 0 saturated carbocycles. The Balaban J connectivity index is -0.0000000267. The van der Waals surface area contributed by atoms with Gasteiger partial charge >= 0.3 is 77.7 Å². The molecule has 4 nitrogen and oxygen atoms in total. The van der Waals surface area contributed by atoms with E-state index in [-0.39, 0.29) is 77.7 Å². The maximum absolute atomic E-state index is 8.52. The van der Waals surface area contributed by atoms with Crippen molar-refractivity contribution in [2.75, 3.05) is 0 Å². The van der Waals surface area contributed by atoms with Gasteiger partial charge in [-0.1, -0.05) is 0 Å². The molecule has 0 aliphatic carbocycles. The topological polar surface area (TPSA) is 80.3 Å². The Bertz CT molecular complexity index is 97.2. The van der Waals surface area contributed by atoms with Crippen LogP contribution in [-0.4, -0.2) is 17.5 Å². The standard InChI is InChI=1S/2Na.H2O4S.V/c;;1-5(2,3)4;/h;;(H2,1,2,3,4);/q2*+1;;+5/p-2. The summed E-state index contributed by atoms with van der Waals surface area (Å²) in [5.74, 6) is 0. The molecule has 0 bridgehead atoms. The summed E-state index contributed by atoms with van der Waals surface area (Å²) in [6.07, 6.45) is 0. The largest absolute Gasteiger partial charge is 5.00 e. The first-order chi connectivity index (χ1) is 2.00. The summed E-state index contributed by atoms with van der Waals surface area (Å²) in [6, 6.07) is 0. The third-order valence-corrected chi connectivity index (χ3v) is 0. The molecule has 0 atom stereocenters. The average molecular weight is 193 g/mol. The average Bonchev–Trinajstić information content (AvgIpc) is 0.722. The predicted octanol–water partition coefficient (Wildman–Crippen LogP) is -7.33. The Hall–Kier alpha value is 2.45. The fraction of sp³-hybridized carbons (Fsp3) is 0. The van der Waals surface area contributed by atoms with Crippen molar-refractivity contribution in [1.82, 2.24) is 0 Å². The summed E-state index contributed by atoms with van der Waals surface area (Å²) in [4.78, 5) is 0. The van der Waals surface area contributed by atoms with Crippen LogP contribution in [0.15, 0.2) is 0 Å². The van der Waals surface area contributed by atoms with Crippen LogP contribution in [0.2, 0.25) is 0 Å². The molecule has 0 saturated heterocycles. The summed E-state index contributed by atoms with van der Waals surface area (Å²) < 4.78 is 34.1. The molecule has 0 aliphatic rings. The maximum Gasteiger partial charge on any atom is 5.00 e. The molecule has 0 aromatic rings. The van der Waals surface area contributed by atoms with Crippen LogP contribution in [0.3, 0.4) is 0 Å². The fourth-order valence-corrected chi connectivity index (χ4v) is 0. The minimum atomic E-state index is -5.17. The van der Waals surface area contributed by atoms with Gasteiger partial charge in [-0.15, -0.1) is 0 Å². The first-order valence-corrected chi connectivity index (χ1v) is 2.00. The second-order valence-corrected chi connectivity index (χ2v) is 1.22. The summed E-state index contributed by atoms with van der Waals surface area (Å²) in [5.41, 5.74) is 0. The van der Waals surface area contributed by atoms with Gasteiger partial charge < -0.3 is 9.11 Å². The zero-order valence-electron chi connectivity index (χ0n) is 4.49. The third-order valence-electron chi connectivity index (χ3n) is 0. The Labute approximate surface area is 104 Å². The molecule has 0 aromatic heterocycles. The molecule has 0 fully saturated rings. The van der Waals surface area contributed by atoms with E-state index in [4.69, 9.17) is 17.5 Å². The van der Waals surface area contributed by atoms with E-state index in [1.807, 2.05) is 0 Å². The van der Waals surface area contributed by atoms with Gasteiger partial charge in [-0.2, -0.15) is 0 Å². The van der Waals surface area contributed by atoms with Crippen molar-refractivity contribution in [2.45, 2.75) is 0 Å². The predicted molar refractivity (Wildman–Crippen MR) is 10.5 cm³/mol. The van der Waals surface area contributed by atoms with Crippen molar-refractivity contribution in [3.05, 3.63) is 0 Å². The maximum atomic E-state index is 8.52. The van der Waals surface area contributed by atoms with Gasteiger partial charge in [-0.05, 0) is 0 Å². The van der Waals surface area contributed by atoms with Crippen LogP contribution < -0.4 is 59.1 Å². The Kier molecular flexibility index (Phi) is 26.5. The summed E-state index contributed by atoms with van der Waals surface area (Å²) in [5, 5.41) is 0. The first-order valence-electron chi connectivity index (χ1n) is 0.667. The molecule has 0 aromatic carbocycles. The zero-order valence-corrected chi connectivity index (χ0v) is 10.7. The van der Waals surface area contributed by atoms with Gasteiger partial charge in [0.2, 0.25) is 0 Å². The molecular weight excluding hydrogens is 193 g/mol. The molecule has 0 unspecified atom stereocenters. The van der Waals surface area contributed by atoms with Crippen LogP contribution in [-0.2, 0) is 29.0 Å². The Morgan fingerprint density at radius 3 is 1.00 bits per heavy atom. The zero-order chi connectivity index (χ0) is 4.50. The quantitative estimate of drug-likeness (QED) is 0.217. The normalized spacial score (nSPS) is 7.25. The molecule has 0 heterocycles. The van der Waals surface area contributed by atoms with Gasteiger partial charge in [0, 0.05) is 10.4 Å². The van der Waals surface area contributed by atoms with E-state index in [0.717, 1.165) is 0 Å². The van der Waals surface area contributed by atoms with Gasteiger partial charge in [-0.3, -0.25) is 8.42 Å². The van der Waals surface area contributed by atoms with Crippen LogP contribution in [0, 0.1) is 0 Å². The van der Waals surface area contributed by atoms with Crippen molar-refractivity contribution in [3.63, 3.8) is 0 Å². The summed E-state index contributed by atoms with van der Waals surface area (Å²) in [7, 11) is -5.17. The smallest absolute Gasteiger partial charge is 0.759 e. The Morgan fingerprint density at radius 1 is 1.00 bits per heavy atom. The van der Waals surface area contributed by atoms with Gasteiger partial charge in [0.25, 0.3) is 0 Å². The van der Waals surface area contributed by atoms with Crippen molar-refractivity contribution in [2.24, 2.45) is 0 Å². The van der Waals surface area contributed by atoms with E-state index in [1.54, 1.807) is 0 Å². The van der Waals surface area contributed by atoms with Crippen molar-refractivity contribution < 1.29 is 95.2 Å². The molecule has 8 heavy (non-hydrogen) atoms. The monoisotopic (exact) mass is 193 g/mol. The van der Waals surface area contributed by atoms with E-state index in [1.165, 1.54) is 0 Å². The molecule has 0 rings (SSSR count). The molecule has 0 N–H and O–H groups in total. The van der Waals surface area contributed by atoms with Crippen LogP contribution in [0.25, 0.3) is 0 Å². The van der Waals surface area contributed by atoms with Gasteiger partial charge in [0.15, 0.2) is 0 Å². The van der Waals surface area contributed by atoms with Crippen LogP contribution in [0.1, 0.15) is 0 Å². The summed E-state index contributed by atoms with van der Waals surface area (Å²) >= 11 is 0. The fourth-order valence-electron chi connectivity index (χ4n) is 0. The van der Waals surface area contributed by atoms with E-state index in [0.29, 0.717) is 0 Å². The summed E-state index contributed by atoms with van der Waals surface area (Å²) in [6.45, 7) is 0. The number of rotatable bonds is 0. The van der Waals surface area contributed by atoms with E-state index in [2.05, 4.69) is 0 Å². The minimum Gasteiger partial charge on any atom is -0.759 e. The van der Waals surface area contributed by atoms with Crippen molar-refractivity contribution in [1.29, 1.82) is 0 Å². The minimum absolute atomic E-state index is 0. The van der Waals surface area contributed by atoms with Crippen molar-refractivity contribution in [3.8, 4) is 0 Å². The SMILES string of the molecule is O=S(=O)([O-])[O-].[Na+].[Na+].[V+5]. The van der Waals surface area contributed by atoms with Gasteiger partial charge in [0.1, 0.15) is 0 Å². The molecule has 0 radical (unpaired) electrons. The van der Waals surface area contributed by atoms with Crippen LogP contribution in [0.4, 0.5) is 0 Å². The second-order valence-electron chi connectivity index (χ2n) is 0.408. The van der Waals surface area contributed by atoms with Crippen molar-refractivity contribution >= 4 is 10.4 Å². The molecule has 0 aliphatic heterocycles. The van der Waals surface area contributed by atoms with E-state index < -0.39 is 10.4 Å². The van der Waals surface area contributed by atoms with Gasteiger partial charge in [-0.25, -0.2) is 0 Å².